The Balaban J connectivity index is 1.99. The van der Waals surface area contributed by atoms with E-state index in [2.05, 4.69) is 37.2 Å². The summed E-state index contributed by atoms with van der Waals surface area (Å²) in [6, 6.07) is 10.4. The smallest absolute Gasteiger partial charge is 0.407 e. The first-order chi connectivity index (χ1) is 11.0. The molecule has 8 heteroatoms. The SMILES string of the molecule is O=C(O)CC(NC(=O)OCc1ccccc1)c1cc(Br)c(Br)s1. The summed E-state index contributed by atoms with van der Waals surface area (Å²) in [5.74, 6) is -1.00. The van der Waals surface area contributed by atoms with E-state index in [9.17, 15) is 9.59 Å². The van der Waals surface area contributed by atoms with E-state index in [-0.39, 0.29) is 13.0 Å². The van der Waals surface area contributed by atoms with Crippen molar-refractivity contribution in [2.45, 2.75) is 19.1 Å². The highest BCUT2D eigenvalue weighted by atomic mass is 79.9. The molecule has 23 heavy (non-hydrogen) atoms. The lowest BCUT2D eigenvalue weighted by atomic mass is 10.2. The number of nitrogens with one attached hydrogen (secondary N) is 1. The summed E-state index contributed by atoms with van der Waals surface area (Å²) in [5, 5.41) is 11.6. The topological polar surface area (TPSA) is 75.6 Å². The molecule has 5 nitrogen and oxygen atoms in total. The Morgan fingerprint density at radius 2 is 1.96 bits per heavy atom. The number of benzene rings is 1. The maximum atomic E-state index is 11.9. The summed E-state index contributed by atoms with van der Waals surface area (Å²) < 4.78 is 6.78. The summed E-state index contributed by atoms with van der Waals surface area (Å²) in [6.45, 7) is 0.129. The second-order valence-corrected chi connectivity index (χ2v) is 7.88. The minimum Gasteiger partial charge on any atom is -0.481 e. The number of carbonyl (C=O) groups excluding carboxylic acids is 1. The minimum atomic E-state index is -1.00. The average Bonchev–Trinajstić information content (AvgIpc) is 2.85. The van der Waals surface area contributed by atoms with Crippen molar-refractivity contribution in [1.82, 2.24) is 5.32 Å². The first kappa shape index (κ1) is 18.0. The van der Waals surface area contributed by atoms with Gasteiger partial charge in [0.15, 0.2) is 0 Å². The highest BCUT2D eigenvalue weighted by molar-refractivity contribution is 9.13. The van der Waals surface area contributed by atoms with Gasteiger partial charge in [-0.25, -0.2) is 4.79 Å². The minimum absolute atomic E-state index is 0.129. The fraction of sp³-hybridized carbons (Fsp3) is 0.200. The van der Waals surface area contributed by atoms with Gasteiger partial charge in [-0.3, -0.25) is 4.79 Å². The Morgan fingerprint density at radius 1 is 1.26 bits per heavy atom. The van der Waals surface area contributed by atoms with Gasteiger partial charge in [0.25, 0.3) is 0 Å². The molecule has 0 aliphatic rings. The van der Waals surface area contributed by atoms with E-state index < -0.39 is 18.1 Å². The second kappa shape index (κ2) is 8.47. The number of rotatable bonds is 6. The number of carboxylic acid groups (broad SMARTS) is 1. The van der Waals surface area contributed by atoms with Crippen LogP contribution in [0.4, 0.5) is 4.79 Å². The van der Waals surface area contributed by atoms with E-state index in [4.69, 9.17) is 9.84 Å². The van der Waals surface area contributed by atoms with Gasteiger partial charge in [-0.15, -0.1) is 11.3 Å². The van der Waals surface area contributed by atoms with E-state index in [1.807, 2.05) is 30.3 Å². The van der Waals surface area contributed by atoms with E-state index in [0.717, 1.165) is 18.7 Å². The fourth-order valence-electron chi connectivity index (χ4n) is 1.84. The van der Waals surface area contributed by atoms with E-state index in [1.54, 1.807) is 6.07 Å². The summed E-state index contributed by atoms with van der Waals surface area (Å²) in [6.07, 6.45) is -0.874. The molecule has 0 spiro atoms. The third kappa shape index (κ3) is 5.63. The molecule has 1 unspecified atom stereocenters. The Hall–Kier alpha value is -1.38. The number of aliphatic carboxylic acids is 1. The molecule has 0 saturated heterocycles. The zero-order chi connectivity index (χ0) is 16.8. The van der Waals surface area contributed by atoms with Gasteiger partial charge in [-0.2, -0.15) is 0 Å². The van der Waals surface area contributed by atoms with Crippen LogP contribution in [-0.4, -0.2) is 17.2 Å². The standard InChI is InChI=1S/C15H13Br2NO4S/c16-10-6-12(23-14(10)17)11(7-13(19)20)18-15(21)22-8-9-4-2-1-3-5-9/h1-6,11H,7-8H2,(H,18,21)(H,19,20). The van der Waals surface area contributed by atoms with Crippen LogP contribution in [0.1, 0.15) is 22.9 Å². The first-order valence-corrected chi connectivity index (χ1v) is 8.99. The van der Waals surface area contributed by atoms with Crippen LogP contribution in [0.25, 0.3) is 0 Å². The molecule has 0 saturated carbocycles. The predicted octanol–water partition coefficient (Wildman–Crippen LogP) is 4.72. The van der Waals surface area contributed by atoms with Crippen molar-refractivity contribution >= 4 is 55.3 Å². The lowest BCUT2D eigenvalue weighted by molar-refractivity contribution is -0.137. The summed E-state index contributed by atoms with van der Waals surface area (Å²) in [7, 11) is 0. The molecule has 0 fully saturated rings. The molecule has 1 amide bonds. The van der Waals surface area contributed by atoms with E-state index >= 15 is 0 Å². The molecular weight excluding hydrogens is 450 g/mol. The van der Waals surface area contributed by atoms with Crippen molar-refractivity contribution in [2.75, 3.05) is 0 Å². The number of thiophene rings is 1. The molecular formula is C15H13Br2NO4S. The van der Waals surface area contributed by atoms with E-state index in [1.165, 1.54) is 11.3 Å². The third-order valence-electron chi connectivity index (χ3n) is 2.89. The maximum Gasteiger partial charge on any atom is 0.407 e. The quantitative estimate of drug-likeness (QED) is 0.651. The lowest BCUT2D eigenvalue weighted by Crippen LogP contribution is -2.30. The zero-order valence-electron chi connectivity index (χ0n) is 11.8. The Bertz CT molecular complexity index is 671. The van der Waals surface area contributed by atoms with Crippen LogP contribution in [0.2, 0.25) is 0 Å². The Morgan fingerprint density at radius 3 is 2.52 bits per heavy atom. The van der Waals surface area contributed by atoms with Gasteiger partial charge in [-0.05, 0) is 43.5 Å². The van der Waals surface area contributed by atoms with Gasteiger partial charge < -0.3 is 15.2 Å². The molecule has 1 atom stereocenters. The van der Waals surface area contributed by atoms with E-state index in [0.29, 0.717) is 0 Å². The van der Waals surface area contributed by atoms with Crippen molar-refractivity contribution < 1.29 is 19.4 Å². The van der Waals surface area contributed by atoms with Gasteiger partial charge >= 0.3 is 12.1 Å². The number of carboxylic acids is 1. The maximum absolute atomic E-state index is 11.9. The van der Waals surface area contributed by atoms with Crippen molar-refractivity contribution in [1.29, 1.82) is 0 Å². The van der Waals surface area contributed by atoms with Gasteiger partial charge in [-0.1, -0.05) is 30.3 Å². The molecule has 1 heterocycles. The number of hydrogen-bond acceptors (Lipinski definition) is 4. The van der Waals surface area contributed by atoms with Crippen molar-refractivity contribution in [3.05, 3.63) is 55.1 Å². The third-order valence-corrected chi connectivity index (χ3v) is 6.26. The molecule has 2 rings (SSSR count). The summed E-state index contributed by atoms with van der Waals surface area (Å²) in [4.78, 5) is 23.7. The van der Waals surface area contributed by atoms with Gasteiger partial charge in [0, 0.05) is 9.35 Å². The molecule has 0 aliphatic carbocycles. The average molecular weight is 463 g/mol. The number of halogens is 2. The largest absolute Gasteiger partial charge is 0.481 e. The molecule has 1 aromatic heterocycles. The predicted molar refractivity (Wildman–Crippen MR) is 94.5 cm³/mol. The van der Waals surface area contributed by atoms with Crippen molar-refractivity contribution in [3.63, 3.8) is 0 Å². The van der Waals surface area contributed by atoms with Gasteiger partial charge in [0.1, 0.15) is 6.61 Å². The molecule has 1 aromatic carbocycles. The Labute approximate surface area is 153 Å². The molecule has 2 aromatic rings. The normalized spacial score (nSPS) is 11.7. The van der Waals surface area contributed by atoms with Gasteiger partial charge in [0.05, 0.1) is 16.2 Å². The molecule has 122 valence electrons. The molecule has 0 bridgehead atoms. The van der Waals surface area contributed by atoms with Crippen LogP contribution >= 0.6 is 43.2 Å². The first-order valence-electron chi connectivity index (χ1n) is 6.59. The van der Waals surface area contributed by atoms with Crippen LogP contribution in [0.3, 0.4) is 0 Å². The molecule has 0 radical (unpaired) electrons. The number of alkyl carbamates (subject to hydrolysis) is 1. The molecule has 2 N–H and O–H groups in total. The van der Waals surface area contributed by atoms with Crippen molar-refractivity contribution in [3.8, 4) is 0 Å². The van der Waals surface area contributed by atoms with Crippen molar-refractivity contribution in [2.24, 2.45) is 0 Å². The van der Waals surface area contributed by atoms with Crippen LogP contribution in [0.15, 0.2) is 44.7 Å². The Kier molecular flexibility index (Phi) is 6.61. The van der Waals surface area contributed by atoms with Crippen LogP contribution < -0.4 is 5.32 Å². The highest BCUT2D eigenvalue weighted by Gasteiger charge is 2.21. The zero-order valence-corrected chi connectivity index (χ0v) is 15.8. The fourth-order valence-corrected chi connectivity index (χ4v) is 3.98. The summed E-state index contributed by atoms with van der Waals surface area (Å²) >= 11 is 8.07. The number of carbonyl (C=O) groups is 2. The second-order valence-electron chi connectivity index (χ2n) is 4.63. The number of hydrogen-bond donors (Lipinski definition) is 2. The van der Waals surface area contributed by atoms with Crippen LogP contribution in [0.5, 0.6) is 0 Å². The van der Waals surface area contributed by atoms with Gasteiger partial charge in [0.2, 0.25) is 0 Å². The number of amides is 1. The van der Waals surface area contributed by atoms with Crippen LogP contribution in [0, 0.1) is 0 Å². The molecule has 0 aliphatic heterocycles. The lowest BCUT2D eigenvalue weighted by Gasteiger charge is -2.15. The monoisotopic (exact) mass is 461 g/mol. The highest BCUT2D eigenvalue weighted by Crippen LogP contribution is 2.36. The van der Waals surface area contributed by atoms with Crippen LogP contribution in [-0.2, 0) is 16.1 Å². The number of ether oxygens (including phenoxy) is 1. The summed E-state index contributed by atoms with van der Waals surface area (Å²) in [5.41, 5.74) is 0.860.